The van der Waals surface area contributed by atoms with Gasteiger partial charge in [-0.1, -0.05) is 115 Å². The Balaban J connectivity index is 1.43. The number of rotatable bonds is 5. The number of nitrogens with zero attached hydrogens (tertiary/aromatic N) is 3. The van der Waals surface area contributed by atoms with Crippen molar-refractivity contribution in [1.29, 1.82) is 0 Å². The highest BCUT2D eigenvalue weighted by atomic mass is 35.5. The number of hydrogen-bond acceptors (Lipinski definition) is 2. The summed E-state index contributed by atoms with van der Waals surface area (Å²) in [5, 5.41) is 0.583. The Kier molecular flexibility index (Phi) is 6.19. The second-order valence-electron chi connectivity index (χ2n) is 9.68. The van der Waals surface area contributed by atoms with Crippen molar-refractivity contribution in [3.05, 3.63) is 151 Å². The van der Waals surface area contributed by atoms with Gasteiger partial charge in [-0.2, -0.15) is 0 Å². The van der Waals surface area contributed by atoms with Gasteiger partial charge in [0, 0.05) is 17.4 Å². The van der Waals surface area contributed by atoms with Crippen LogP contribution >= 0.6 is 11.6 Å². The smallest absolute Gasteiger partial charge is 0.166 e. The van der Waals surface area contributed by atoms with Crippen molar-refractivity contribution < 1.29 is 0 Å². The van der Waals surface area contributed by atoms with Gasteiger partial charge in [0.2, 0.25) is 0 Å². The van der Waals surface area contributed by atoms with Crippen LogP contribution in [0.3, 0.4) is 0 Å². The minimum absolute atomic E-state index is 0.583. The lowest BCUT2D eigenvalue weighted by Gasteiger charge is -2.14. The summed E-state index contributed by atoms with van der Waals surface area (Å²) in [6.07, 6.45) is 1.73. The van der Waals surface area contributed by atoms with Gasteiger partial charge in [0.25, 0.3) is 0 Å². The van der Waals surface area contributed by atoms with Crippen molar-refractivity contribution in [2.45, 2.75) is 0 Å². The highest BCUT2D eigenvalue weighted by Crippen LogP contribution is 2.35. The van der Waals surface area contributed by atoms with E-state index in [1.54, 1.807) is 12.3 Å². The molecule has 2 aromatic heterocycles. The van der Waals surface area contributed by atoms with Crippen LogP contribution in [0.2, 0.25) is 5.02 Å². The molecule has 0 saturated carbocycles. The quantitative estimate of drug-likeness (QED) is 0.220. The fourth-order valence-electron chi connectivity index (χ4n) is 5.18. The zero-order valence-electron chi connectivity index (χ0n) is 21.6. The first-order valence-corrected chi connectivity index (χ1v) is 13.6. The van der Waals surface area contributed by atoms with Gasteiger partial charge in [-0.25, -0.2) is 9.97 Å². The molecule has 5 aromatic carbocycles. The number of imidazole rings is 1. The van der Waals surface area contributed by atoms with Crippen LogP contribution < -0.4 is 0 Å². The van der Waals surface area contributed by atoms with Gasteiger partial charge in [0.15, 0.2) is 5.65 Å². The fraction of sp³-hybridized carbons (Fsp3) is 0. The Morgan fingerprint density at radius 2 is 1.00 bits per heavy atom. The van der Waals surface area contributed by atoms with Crippen LogP contribution in [0.5, 0.6) is 0 Å². The van der Waals surface area contributed by atoms with Gasteiger partial charge in [0.1, 0.15) is 11.3 Å². The molecule has 0 amide bonds. The number of pyridine rings is 1. The summed E-state index contributed by atoms with van der Waals surface area (Å²) >= 11 is 6.58. The molecule has 0 fully saturated rings. The normalized spacial score (nSPS) is 11.1. The molecule has 2 heterocycles. The second-order valence-corrected chi connectivity index (χ2v) is 10.1. The topological polar surface area (TPSA) is 30.7 Å². The van der Waals surface area contributed by atoms with Crippen LogP contribution in [-0.2, 0) is 0 Å². The SMILES string of the molecule is Clc1ccnc2c1nc(-c1ccccc1)n2-c1cccc(-c2cc(-c3ccccc3)cc(-c3ccccc3)c2)c1. The zero-order valence-corrected chi connectivity index (χ0v) is 22.3. The van der Waals surface area contributed by atoms with E-state index in [0.717, 1.165) is 33.8 Å². The minimum Gasteiger partial charge on any atom is -0.277 e. The summed E-state index contributed by atoms with van der Waals surface area (Å²) in [7, 11) is 0. The predicted molar refractivity (Wildman–Crippen MR) is 166 cm³/mol. The molecular weight excluding hydrogens is 510 g/mol. The first-order valence-electron chi connectivity index (χ1n) is 13.2. The minimum atomic E-state index is 0.583. The van der Waals surface area contributed by atoms with Gasteiger partial charge >= 0.3 is 0 Å². The molecule has 0 aliphatic rings. The largest absolute Gasteiger partial charge is 0.277 e. The molecule has 0 unspecified atom stereocenters. The Morgan fingerprint density at radius 1 is 0.475 bits per heavy atom. The van der Waals surface area contributed by atoms with Crippen LogP contribution in [0.1, 0.15) is 0 Å². The predicted octanol–water partition coefficient (Wildman–Crippen LogP) is 9.74. The molecule has 4 heteroatoms. The molecule has 0 N–H and O–H groups in total. The third-order valence-electron chi connectivity index (χ3n) is 7.11. The zero-order chi connectivity index (χ0) is 26.9. The Labute approximate surface area is 238 Å². The van der Waals surface area contributed by atoms with E-state index in [1.807, 2.05) is 18.2 Å². The first-order chi connectivity index (χ1) is 19.7. The number of fused-ring (bicyclic) bond motifs is 1. The van der Waals surface area contributed by atoms with Gasteiger partial charge < -0.3 is 0 Å². The van der Waals surface area contributed by atoms with Crippen molar-refractivity contribution in [3.63, 3.8) is 0 Å². The van der Waals surface area contributed by atoms with Crippen molar-refractivity contribution in [1.82, 2.24) is 14.5 Å². The maximum Gasteiger partial charge on any atom is 0.166 e. The van der Waals surface area contributed by atoms with Crippen molar-refractivity contribution in [2.24, 2.45) is 0 Å². The lowest BCUT2D eigenvalue weighted by molar-refractivity contribution is 1.08. The average Bonchev–Trinajstić information content (AvgIpc) is 3.43. The molecule has 3 nitrogen and oxygen atoms in total. The average molecular weight is 534 g/mol. The highest BCUT2D eigenvalue weighted by molar-refractivity contribution is 6.34. The van der Waals surface area contributed by atoms with Gasteiger partial charge in [-0.3, -0.25) is 4.57 Å². The molecule has 0 saturated heterocycles. The van der Waals surface area contributed by atoms with E-state index in [1.165, 1.54) is 22.3 Å². The van der Waals surface area contributed by atoms with Gasteiger partial charge in [0.05, 0.1) is 5.02 Å². The highest BCUT2D eigenvalue weighted by Gasteiger charge is 2.18. The standard InChI is InChI=1S/C36H24ClN3/c37-33-19-20-38-36-34(33)39-35(27-15-8-3-9-16-27)40(36)32-18-10-17-28(24-32)31-22-29(25-11-4-1-5-12-25)21-30(23-31)26-13-6-2-7-14-26/h1-24H. The molecule has 0 aliphatic carbocycles. The second kappa shape index (κ2) is 10.3. The molecule has 0 radical (unpaired) electrons. The molecule has 190 valence electrons. The number of aromatic nitrogens is 3. The summed E-state index contributed by atoms with van der Waals surface area (Å²) in [6.45, 7) is 0. The van der Waals surface area contributed by atoms with Crippen LogP contribution in [0.4, 0.5) is 0 Å². The van der Waals surface area contributed by atoms with Crippen LogP contribution in [0.25, 0.3) is 61.6 Å². The summed E-state index contributed by atoms with van der Waals surface area (Å²) in [6, 6.07) is 48.3. The van der Waals surface area contributed by atoms with E-state index >= 15 is 0 Å². The summed E-state index contributed by atoms with van der Waals surface area (Å²) < 4.78 is 2.10. The lowest BCUT2D eigenvalue weighted by Crippen LogP contribution is -1.99. The van der Waals surface area contributed by atoms with E-state index in [9.17, 15) is 0 Å². The third kappa shape index (κ3) is 4.47. The van der Waals surface area contributed by atoms with Crippen molar-refractivity contribution in [2.75, 3.05) is 0 Å². The van der Waals surface area contributed by atoms with E-state index in [4.69, 9.17) is 21.6 Å². The van der Waals surface area contributed by atoms with Crippen molar-refractivity contribution >= 4 is 22.8 Å². The maximum absolute atomic E-state index is 6.58. The van der Waals surface area contributed by atoms with Gasteiger partial charge in [-0.05, 0) is 69.8 Å². The first kappa shape index (κ1) is 24.1. The lowest BCUT2D eigenvalue weighted by atomic mass is 9.93. The molecule has 7 rings (SSSR count). The number of benzene rings is 5. The van der Waals surface area contributed by atoms with Crippen LogP contribution in [0, 0.1) is 0 Å². The van der Waals surface area contributed by atoms with Crippen molar-refractivity contribution in [3.8, 4) is 50.5 Å². The molecule has 0 spiro atoms. The van der Waals surface area contributed by atoms with Crippen LogP contribution in [0.15, 0.2) is 146 Å². The Hall–Kier alpha value is -4.99. The molecule has 40 heavy (non-hydrogen) atoms. The van der Waals surface area contributed by atoms with E-state index in [0.29, 0.717) is 10.5 Å². The summed E-state index contributed by atoms with van der Waals surface area (Å²) in [5.41, 5.74) is 10.3. The molecule has 7 aromatic rings. The summed E-state index contributed by atoms with van der Waals surface area (Å²) in [4.78, 5) is 9.63. The number of halogens is 1. The molecular formula is C36H24ClN3. The molecule has 0 aliphatic heterocycles. The molecule has 0 bridgehead atoms. The van der Waals surface area contributed by atoms with E-state index in [-0.39, 0.29) is 0 Å². The monoisotopic (exact) mass is 533 g/mol. The molecule has 0 atom stereocenters. The van der Waals surface area contributed by atoms with E-state index < -0.39 is 0 Å². The third-order valence-corrected chi connectivity index (χ3v) is 7.42. The fourth-order valence-corrected chi connectivity index (χ4v) is 5.37. The Bertz CT molecular complexity index is 1890. The van der Waals surface area contributed by atoms with Crippen LogP contribution in [-0.4, -0.2) is 14.5 Å². The van der Waals surface area contributed by atoms with Gasteiger partial charge in [-0.15, -0.1) is 0 Å². The summed E-state index contributed by atoms with van der Waals surface area (Å²) in [5.74, 6) is 0.802. The van der Waals surface area contributed by atoms with E-state index in [2.05, 4.69) is 120 Å². The number of hydrogen-bond donors (Lipinski definition) is 0. The maximum atomic E-state index is 6.58. The Morgan fingerprint density at radius 3 is 1.60 bits per heavy atom.